The zero-order chi connectivity index (χ0) is 20.4. The van der Waals surface area contributed by atoms with Gasteiger partial charge in [-0.05, 0) is 69.5 Å². The highest BCUT2D eigenvalue weighted by atomic mass is 15.2. The zero-order valence-corrected chi connectivity index (χ0v) is 17.7. The first-order valence-electron chi connectivity index (χ1n) is 10.4. The molecular formula is C24H29N5. The summed E-state index contributed by atoms with van der Waals surface area (Å²) in [4.78, 5) is 14.1. The van der Waals surface area contributed by atoms with E-state index in [2.05, 4.69) is 89.4 Å². The largest absolute Gasteiger partial charge is 0.372 e. The van der Waals surface area contributed by atoms with Crippen molar-refractivity contribution in [2.45, 2.75) is 34.1 Å². The Hall–Kier alpha value is -3.08. The fourth-order valence-electron chi connectivity index (χ4n) is 4.02. The Morgan fingerprint density at radius 2 is 1.79 bits per heavy atom. The van der Waals surface area contributed by atoms with E-state index in [-0.39, 0.29) is 0 Å². The van der Waals surface area contributed by atoms with Gasteiger partial charge in [0, 0.05) is 48.5 Å². The second-order valence-corrected chi connectivity index (χ2v) is 7.52. The van der Waals surface area contributed by atoms with Crippen molar-refractivity contribution in [2.24, 2.45) is 0 Å². The number of aryl methyl sites for hydroxylation is 2. The summed E-state index contributed by atoms with van der Waals surface area (Å²) >= 11 is 0. The minimum atomic E-state index is 0.642. The number of anilines is 5. The fraction of sp³-hybridized carbons (Fsp3) is 0.333. The van der Waals surface area contributed by atoms with E-state index in [0.29, 0.717) is 5.95 Å². The van der Waals surface area contributed by atoms with Crippen LogP contribution in [0.15, 0.2) is 48.5 Å². The van der Waals surface area contributed by atoms with E-state index in [0.717, 1.165) is 43.3 Å². The second-order valence-electron chi connectivity index (χ2n) is 7.52. The highest BCUT2D eigenvalue weighted by molar-refractivity contribution is 5.69. The number of hydrogen-bond acceptors (Lipinski definition) is 5. The van der Waals surface area contributed by atoms with E-state index < -0.39 is 0 Å². The molecule has 0 radical (unpaired) electrons. The molecular weight excluding hydrogens is 358 g/mol. The minimum absolute atomic E-state index is 0.642. The topological polar surface area (TPSA) is 44.3 Å². The molecule has 0 unspecified atom stereocenters. The fourth-order valence-corrected chi connectivity index (χ4v) is 4.02. The van der Waals surface area contributed by atoms with E-state index in [9.17, 15) is 0 Å². The molecule has 2 aromatic carbocycles. The van der Waals surface area contributed by atoms with Crippen LogP contribution in [0.1, 0.15) is 30.7 Å². The number of para-hydroxylation sites is 1. The van der Waals surface area contributed by atoms with Gasteiger partial charge in [0.25, 0.3) is 0 Å². The van der Waals surface area contributed by atoms with Gasteiger partial charge in [0.2, 0.25) is 5.95 Å². The summed E-state index contributed by atoms with van der Waals surface area (Å²) in [6.45, 7) is 11.5. The van der Waals surface area contributed by atoms with Crippen molar-refractivity contribution in [1.29, 1.82) is 0 Å². The molecule has 3 aromatic rings. The number of benzene rings is 2. The monoisotopic (exact) mass is 387 g/mol. The molecule has 0 fully saturated rings. The van der Waals surface area contributed by atoms with Crippen LogP contribution in [0.2, 0.25) is 0 Å². The van der Waals surface area contributed by atoms with Gasteiger partial charge in [-0.2, -0.15) is 4.98 Å². The summed E-state index contributed by atoms with van der Waals surface area (Å²) in [6, 6.07) is 17.1. The van der Waals surface area contributed by atoms with Gasteiger partial charge < -0.3 is 15.1 Å². The van der Waals surface area contributed by atoms with E-state index in [1.807, 2.05) is 6.92 Å². The second kappa shape index (κ2) is 8.11. The first kappa shape index (κ1) is 19.2. The number of nitrogens with zero attached hydrogens (tertiary/aromatic N) is 4. The summed E-state index contributed by atoms with van der Waals surface area (Å²) in [5.74, 6) is 1.59. The van der Waals surface area contributed by atoms with Gasteiger partial charge in [-0.15, -0.1) is 0 Å². The first-order valence-corrected chi connectivity index (χ1v) is 10.4. The molecule has 1 aliphatic heterocycles. The molecule has 0 atom stereocenters. The molecule has 4 rings (SSSR count). The molecule has 5 nitrogen and oxygen atoms in total. The van der Waals surface area contributed by atoms with Crippen LogP contribution in [-0.2, 0) is 6.42 Å². The maximum atomic E-state index is 4.83. The molecule has 1 aliphatic rings. The lowest BCUT2D eigenvalue weighted by molar-refractivity contribution is 0.865. The van der Waals surface area contributed by atoms with Crippen molar-refractivity contribution in [2.75, 3.05) is 34.8 Å². The Balaban J connectivity index is 1.61. The van der Waals surface area contributed by atoms with Crippen LogP contribution in [0.3, 0.4) is 0 Å². The highest BCUT2D eigenvalue weighted by Crippen LogP contribution is 2.34. The van der Waals surface area contributed by atoms with Crippen LogP contribution in [0.4, 0.5) is 28.8 Å². The summed E-state index contributed by atoms with van der Waals surface area (Å²) in [5.41, 5.74) is 7.06. The highest BCUT2D eigenvalue weighted by Gasteiger charge is 2.21. The van der Waals surface area contributed by atoms with Gasteiger partial charge in [-0.25, -0.2) is 4.98 Å². The van der Waals surface area contributed by atoms with Crippen molar-refractivity contribution in [3.8, 4) is 0 Å². The number of fused-ring (bicyclic) bond motifs is 1. The normalized spacial score (nSPS) is 12.8. The van der Waals surface area contributed by atoms with E-state index in [4.69, 9.17) is 4.98 Å². The van der Waals surface area contributed by atoms with Gasteiger partial charge in [0.15, 0.2) is 0 Å². The molecule has 0 spiro atoms. The molecule has 29 heavy (non-hydrogen) atoms. The van der Waals surface area contributed by atoms with E-state index >= 15 is 0 Å². The van der Waals surface area contributed by atoms with Gasteiger partial charge >= 0.3 is 0 Å². The average Bonchev–Trinajstić information content (AvgIpc) is 3.15. The molecule has 0 bridgehead atoms. The molecule has 0 amide bonds. The lowest BCUT2D eigenvalue weighted by Crippen LogP contribution is -2.21. The van der Waals surface area contributed by atoms with Crippen molar-refractivity contribution in [1.82, 2.24) is 9.97 Å². The van der Waals surface area contributed by atoms with E-state index in [1.165, 1.54) is 22.5 Å². The third-order valence-corrected chi connectivity index (χ3v) is 5.59. The van der Waals surface area contributed by atoms with Crippen LogP contribution in [0.25, 0.3) is 0 Å². The Bertz CT molecular complexity index is 1010. The molecule has 0 saturated carbocycles. The third kappa shape index (κ3) is 3.90. The third-order valence-electron chi connectivity index (χ3n) is 5.59. The predicted octanol–water partition coefficient (Wildman–Crippen LogP) is 5.38. The Morgan fingerprint density at radius 3 is 2.55 bits per heavy atom. The van der Waals surface area contributed by atoms with Crippen LogP contribution in [-0.4, -0.2) is 29.6 Å². The van der Waals surface area contributed by atoms with Crippen molar-refractivity contribution in [3.63, 3.8) is 0 Å². The Kier molecular flexibility index (Phi) is 5.38. The number of hydrogen-bond donors (Lipinski definition) is 1. The van der Waals surface area contributed by atoms with Crippen LogP contribution < -0.4 is 15.1 Å². The molecule has 0 aliphatic carbocycles. The van der Waals surface area contributed by atoms with E-state index in [1.54, 1.807) is 0 Å². The van der Waals surface area contributed by atoms with Gasteiger partial charge in [0.05, 0.1) is 0 Å². The summed E-state index contributed by atoms with van der Waals surface area (Å²) in [5, 5.41) is 3.44. The summed E-state index contributed by atoms with van der Waals surface area (Å²) in [7, 11) is 0. The SMILES string of the molecule is CCN(CC)c1ccc(Nc2nc(C)cc(N3CCc4ccccc43)n2)c(C)c1. The zero-order valence-electron chi connectivity index (χ0n) is 17.7. The van der Waals surface area contributed by atoms with Crippen molar-refractivity contribution < 1.29 is 0 Å². The van der Waals surface area contributed by atoms with Crippen LogP contribution in [0, 0.1) is 13.8 Å². The molecule has 1 aromatic heterocycles. The standard InChI is InChI=1S/C24H29N5/c1-5-28(6-2)20-11-12-21(17(3)15-20)26-24-25-18(4)16-23(27-24)29-14-13-19-9-7-8-10-22(19)29/h7-12,15-16H,5-6,13-14H2,1-4H3,(H,25,26,27). The quantitative estimate of drug-likeness (QED) is 0.615. The van der Waals surface area contributed by atoms with Crippen LogP contribution in [0.5, 0.6) is 0 Å². The summed E-state index contributed by atoms with van der Waals surface area (Å²) < 4.78 is 0. The minimum Gasteiger partial charge on any atom is -0.372 e. The first-order chi connectivity index (χ1) is 14.1. The summed E-state index contributed by atoms with van der Waals surface area (Å²) in [6.07, 6.45) is 1.05. The van der Waals surface area contributed by atoms with Crippen molar-refractivity contribution in [3.05, 3.63) is 65.4 Å². The number of nitrogens with one attached hydrogen (secondary N) is 1. The molecule has 2 heterocycles. The molecule has 150 valence electrons. The lowest BCUT2D eigenvalue weighted by Gasteiger charge is -2.22. The smallest absolute Gasteiger partial charge is 0.229 e. The average molecular weight is 388 g/mol. The Morgan fingerprint density at radius 1 is 1.00 bits per heavy atom. The van der Waals surface area contributed by atoms with Gasteiger partial charge in [0.1, 0.15) is 5.82 Å². The molecule has 5 heteroatoms. The van der Waals surface area contributed by atoms with Gasteiger partial charge in [-0.3, -0.25) is 0 Å². The number of rotatable bonds is 6. The number of aromatic nitrogens is 2. The Labute approximate surface area is 173 Å². The van der Waals surface area contributed by atoms with Crippen molar-refractivity contribution >= 4 is 28.8 Å². The predicted molar refractivity (Wildman–Crippen MR) is 122 cm³/mol. The molecule has 1 N–H and O–H groups in total. The maximum absolute atomic E-state index is 4.83. The van der Waals surface area contributed by atoms with Crippen LogP contribution >= 0.6 is 0 Å². The van der Waals surface area contributed by atoms with Gasteiger partial charge in [-0.1, -0.05) is 18.2 Å². The molecule has 0 saturated heterocycles. The maximum Gasteiger partial charge on any atom is 0.229 e. The lowest BCUT2D eigenvalue weighted by atomic mass is 10.1.